The number of nitrogens with zero attached hydrogens (tertiary/aromatic N) is 2. The summed E-state index contributed by atoms with van der Waals surface area (Å²) in [6, 6.07) is 15.1. The minimum absolute atomic E-state index is 0.0580. The Kier molecular flexibility index (Phi) is 8.91. The van der Waals surface area contributed by atoms with E-state index in [-0.39, 0.29) is 23.9 Å². The van der Waals surface area contributed by atoms with Crippen molar-refractivity contribution in [3.05, 3.63) is 72.6 Å². The smallest absolute Gasteiger partial charge is 0.344 e. The molecule has 0 saturated heterocycles. The zero-order chi connectivity index (χ0) is 25.3. The average molecular weight is 500 g/mol. The van der Waals surface area contributed by atoms with Gasteiger partial charge >= 0.3 is 5.97 Å². The van der Waals surface area contributed by atoms with Gasteiger partial charge in [0.15, 0.2) is 6.61 Å². The number of carbonyl (C=O) groups excluding carboxylic acids is 1. The highest BCUT2D eigenvalue weighted by Gasteiger charge is 2.26. The van der Waals surface area contributed by atoms with Gasteiger partial charge in [-0.25, -0.2) is 13.2 Å². The number of hydrogen-bond donors (Lipinski definition) is 1. The number of anilines is 2. The molecule has 0 aliphatic rings. The highest BCUT2D eigenvalue weighted by Crippen LogP contribution is 2.31. The second-order valence-electron chi connectivity index (χ2n) is 7.53. The molecule has 35 heavy (non-hydrogen) atoms. The van der Waals surface area contributed by atoms with Gasteiger partial charge in [0, 0.05) is 37.7 Å². The van der Waals surface area contributed by atoms with Crippen molar-refractivity contribution < 1.29 is 27.4 Å². The van der Waals surface area contributed by atoms with Crippen molar-refractivity contribution in [2.24, 2.45) is 0 Å². The van der Waals surface area contributed by atoms with Gasteiger partial charge in [0.1, 0.15) is 23.0 Å². The Morgan fingerprint density at radius 1 is 1.06 bits per heavy atom. The van der Waals surface area contributed by atoms with Crippen LogP contribution in [-0.2, 0) is 19.6 Å². The van der Waals surface area contributed by atoms with Crippen LogP contribution in [0.5, 0.6) is 11.5 Å². The average Bonchev–Trinajstić information content (AvgIpc) is 2.85. The van der Waals surface area contributed by atoms with Crippen LogP contribution in [0, 0.1) is 6.92 Å². The summed E-state index contributed by atoms with van der Waals surface area (Å²) in [6.07, 6.45) is 3.40. The number of benzene rings is 2. The molecule has 3 rings (SSSR count). The van der Waals surface area contributed by atoms with Gasteiger partial charge in [-0.05, 0) is 55.8 Å². The Hall–Kier alpha value is -3.79. The Morgan fingerprint density at radius 2 is 1.80 bits per heavy atom. The topological polar surface area (TPSA) is 107 Å². The maximum atomic E-state index is 13.4. The fourth-order valence-electron chi connectivity index (χ4n) is 3.24. The SMILES string of the molecule is CCOC(=O)COc1ccccc1S(=O)(=O)N(C)c1cc(C)cc(OCCNc2ccncc2)c1. The monoisotopic (exact) mass is 499 g/mol. The minimum atomic E-state index is -4.00. The number of esters is 1. The lowest BCUT2D eigenvalue weighted by atomic mass is 10.2. The van der Waals surface area contributed by atoms with Gasteiger partial charge in [-0.2, -0.15) is 0 Å². The number of aryl methyl sites for hydroxylation is 1. The van der Waals surface area contributed by atoms with Crippen molar-refractivity contribution in [2.75, 3.05) is 43.0 Å². The molecule has 1 N–H and O–H groups in total. The van der Waals surface area contributed by atoms with E-state index in [0.717, 1.165) is 15.6 Å². The van der Waals surface area contributed by atoms with Crippen molar-refractivity contribution in [3.63, 3.8) is 0 Å². The van der Waals surface area contributed by atoms with Gasteiger partial charge in [0.2, 0.25) is 0 Å². The lowest BCUT2D eigenvalue weighted by molar-refractivity contribution is -0.145. The Labute approximate surface area is 205 Å². The van der Waals surface area contributed by atoms with Crippen LogP contribution >= 0.6 is 0 Å². The summed E-state index contributed by atoms with van der Waals surface area (Å²) in [5, 5.41) is 3.23. The molecular formula is C25H29N3O6S. The van der Waals surface area contributed by atoms with Gasteiger partial charge in [-0.15, -0.1) is 0 Å². The normalized spacial score (nSPS) is 10.9. The van der Waals surface area contributed by atoms with E-state index < -0.39 is 16.0 Å². The van der Waals surface area contributed by atoms with E-state index in [2.05, 4.69) is 10.3 Å². The molecule has 0 saturated carbocycles. The minimum Gasteiger partial charge on any atom is -0.492 e. The lowest BCUT2D eigenvalue weighted by Gasteiger charge is -2.22. The van der Waals surface area contributed by atoms with E-state index in [9.17, 15) is 13.2 Å². The molecule has 2 aromatic carbocycles. The molecule has 1 aromatic heterocycles. The number of para-hydroxylation sites is 1. The summed E-state index contributed by atoms with van der Waals surface area (Å²) in [5.74, 6) is 0.0380. The number of pyridine rings is 1. The Morgan fingerprint density at radius 3 is 2.54 bits per heavy atom. The fraction of sp³-hybridized carbons (Fsp3) is 0.280. The summed E-state index contributed by atoms with van der Waals surface area (Å²) in [6.45, 7) is 4.31. The molecule has 186 valence electrons. The van der Waals surface area contributed by atoms with Crippen molar-refractivity contribution >= 4 is 27.4 Å². The first-order valence-corrected chi connectivity index (χ1v) is 12.5. The van der Waals surface area contributed by atoms with Crippen molar-refractivity contribution in [2.45, 2.75) is 18.7 Å². The third-order valence-electron chi connectivity index (χ3n) is 4.92. The number of nitrogens with one attached hydrogen (secondary N) is 1. The van der Waals surface area contributed by atoms with Crippen LogP contribution in [0.4, 0.5) is 11.4 Å². The number of hydrogen-bond acceptors (Lipinski definition) is 8. The van der Waals surface area contributed by atoms with Crippen molar-refractivity contribution in [1.82, 2.24) is 4.98 Å². The zero-order valence-electron chi connectivity index (χ0n) is 19.9. The van der Waals surface area contributed by atoms with Crippen LogP contribution in [0.15, 0.2) is 71.9 Å². The molecule has 0 fully saturated rings. The van der Waals surface area contributed by atoms with Gasteiger partial charge in [-0.3, -0.25) is 9.29 Å². The molecule has 3 aromatic rings. The van der Waals surface area contributed by atoms with E-state index >= 15 is 0 Å². The van der Waals surface area contributed by atoms with E-state index in [1.165, 1.54) is 19.2 Å². The quantitative estimate of drug-likeness (QED) is 0.297. The molecule has 1 heterocycles. The van der Waals surface area contributed by atoms with Crippen LogP contribution in [0.3, 0.4) is 0 Å². The zero-order valence-corrected chi connectivity index (χ0v) is 20.7. The summed E-state index contributed by atoms with van der Waals surface area (Å²) >= 11 is 0. The first-order valence-electron chi connectivity index (χ1n) is 11.1. The largest absolute Gasteiger partial charge is 0.492 e. The predicted molar refractivity (Wildman–Crippen MR) is 134 cm³/mol. The van der Waals surface area contributed by atoms with Gasteiger partial charge < -0.3 is 19.5 Å². The van der Waals surface area contributed by atoms with Gasteiger partial charge in [-0.1, -0.05) is 12.1 Å². The Bertz CT molecular complexity index is 1230. The van der Waals surface area contributed by atoms with Crippen LogP contribution < -0.4 is 19.1 Å². The van der Waals surface area contributed by atoms with Crippen LogP contribution in [-0.4, -0.2) is 52.8 Å². The second-order valence-corrected chi connectivity index (χ2v) is 9.47. The maximum Gasteiger partial charge on any atom is 0.344 e. The summed E-state index contributed by atoms with van der Waals surface area (Å²) in [7, 11) is -2.54. The molecular weight excluding hydrogens is 470 g/mol. The first-order chi connectivity index (χ1) is 16.8. The van der Waals surface area contributed by atoms with Crippen LogP contribution in [0.1, 0.15) is 12.5 Å². The number of ether oxygens (including phenoxy) is 3. The van der Waals surface area contributed by atoms with Crippen LogP contribution in [0.2, 0.25) is 0 Å². The molecule has 9 nitrogen and oxygen atoms in total. The molecule has 0 bridgehead atoms. The van der Waals surface area contributed by atoms with Crippen molar-refractivity contribution in [1.29, 1.82) is 0 Å². The number of sulfonamides is 1. The summed E-state index contributed by atoms with van der Waals surface area (Å²) < 4.78 is 44.2. The summed E-state index contributed by atoms with van der Waals surface area (Å²) in [4.78, 5) is 15.6. The fourth-order valence-corrected chi connectivity index (χ4v) is 4.55. The van der Waals surface area contributed by atoms with E-state index in [1.54, 1.807) is 43.6 Å². The molecule has 0 aliphatic heterocycles. The van der Waals surface area contributed by atoms with Gasteiger partial charge in [0.05, 0.1) is 12.3 Å². The Balaban J connectivity index is 1.73. The molecule has 0 spiro atoms. The highest BCUT2D eigenvalue weighted by atomic mass is 32.2. The van der Waals surface area contributed by atoms with Crippen molar-refractivity contribution in [3.8, 4) is 11.5 Å². The van der Waals surface area contributed by atoms with Gasteiger partial charge in [0.25, 0.3) is 10.0 Å². The molecule has 0 radical (unpaired) electrons. The number of rotatable bonds is 12. The standard InChI is InChI=1S/C25H29N3O6S/c1-4-32-25(29)18-34-23-7-5-6-8-24(23)35(30,31)28(3)21-15-19(2)16-22(17-21)33-14-13-27-20-9-11-26-12-10-20/h5-12,15-17H,4,13-14,18H2,1-3H3,(H,26,27). The molecule has 0 aliphatic carbocycles. The molecule has 10 heteroatoms. The second kappa shape index (κ2) is 12.1. The predicted octanol–water partition coefficient (Wildman–Crippen LogP) is 3.65. The van der Waals surface area contributed by atoms with Crippen LogP contribution in [0.25, 0.3) is 0 Å². The van der Waals surface area contributed by atoms with E-state index in [1.807, 2.05) is 25.1 Å². The maximum absolute atomic E-state index is 13.4. The third-order valence-corrected chi connectivity index (χ3v) is 6.74. The van der Waals surface area contributed by atoms with E-state index in [4.69, 9.17) is 14.2 Å². The molecule has 0 amide bonds. The third kappa shape index (κ3) is 7.10. The number of carbonyl (C=O) groups is 1. The summed E-state index contributed by atoms with van der Waals surface area (Å²) in [5.41, 5.74) is 2.21. The van der Waals surface area contributed by atoms with E-state index in [0.29, 0.717) is 24.6 Å². The highest BCUT2D eigenvalue weighted by molar-refractivity contribution is 7.92. The molecule has 0 unspecified atom stereocenters. The first kappa shape index (κ1) is 25.8. The lowest BCUT2D eigenvalue weighted by Crippen LogP contribution is -2.27. The number of aromatic nitrogens is 1. The molecule has 0 atom stereocenters.